The van der Waals surface area contributed by atoms with E-state index in [1.165, 1.54) is 19.4 Å². The van der Waals surface area contributed by atoms with Crippen LogP contribution in [0.2, 0.25) is 0 Å². The van der Waals surface area contributed by atoms with Crippen LogP contribution in [-0.2, 0) is 10.0 Å². The van der Waals surface area contributed by atoms with E-state index in [0.717, 1.165) is 29.0 Å². The Balaban J connectivity index is 2.73. The molecule has 1 aromatic carbocycles. The number of rotatable bonds is 5. The van der Waals surface area contributed by atoms with E-state index in [4.69, 9.17) is 9.88 Å². The van der Waals surface area contributed by atoms with E-state index < -0.39 is 31.2 Å². The highest BCUT2D eigenvalue weighted by Gasteiger charge is 2.28. The number of nitro benzene ring substituents is 2. The van der Waals surface area contributed by atoms with E-state index >= 15 is 0 Å². The van der Waals surface area contributed by atoms with Crippen LogP contribution in [-0.4, -0.2) is 25.4 Å². The van der Waals surface area contributed by atoms with E-state index in [-0.39, 0.29) is 16.3 Å². The molecule has 24 heavy (non-hydrogen) atoms. The summed E-state index contributed by atoms with van der Waals surface area (Å²) in [6.07, 6.45) is 2.34. The lowest BCUT2D eigenvalue weighted by Gasteiger charge is -2.05. The molecule has 0 saturated carbocycles. The van der Waals surface area contributed by atoms with Crippen LogP contribution >= 0.6 is 0 Å². The van der Waals surface area contributed by atoms with E-state index in [9.17, 15) is 28.6 Å². The molecule has 0 fully saturated rings. The number of aromatic nitrogens is 1. The summed E-state index contributed by atoms with van der Waals surface area (Å²) >= 11 is 0. The molecule has 0 radical (unpaired) electrons. The Kier molecular flexibility index (Phi) is 4.43. The standard InChI is InChI=1S/C12H11N4O7S/c1-23-11-4-5-14(7-12(11)24(13,21)22)9-3-2-8(15(17)18)6-10(9)16(19)20/h2-7H,1H3,(H2,13,21,22)/q+1. The van der Waals surface area contributed by atoms with Crippen molar-refractivity contribution in [3.63, 3.8) is 0 Å². The lowest BCUT2D eigenvalue weighted by atomic mass is 10.2. The van der Waals surface area contributed by atoms with Gasteiger partial charge in [-0.3, -0.25) is 20.2 Å². The highest BCUT2D eigenvalue weighted by atomic mass is 32.2. The van der Waals surface area contributed by atoms with Gasteiger partial charge in [-0.15, -0.1) is 0 Å². The van der Waals surface area contributed by atoms with Gasteiger partial charge < -0.3 is 4.74 Å². The predicted molar refractivity (Wildman–Crippen MR) is 79.2 cm³/mol. The second kappa shape index (κ2) is 6.17. The molecular weight excluding hydrogens is 344 g/mol. The molecule has 126 valence electrons. The molecule has 0 spiro atoms. The van der Waals surface area contributed by atoms with Crippen LogP contribution in [0.5, 0.6) is 5.75 Å². The zero-order chi connectivity index (χ0) is 18.1. The smallest absolute Gasteiger partial charge is 0.347 e. The van der Waals surface area contributed by atoms with Gasteiger partial charge in [0.05, 0.1) is 17.0 Å². The van der Waals surface area contributed by atoms with E-state index in [2.05, 4.69) is 0 Å². The van der Waals surface area contributed by atoms with Crippen molar-refractivity contribution in [2.45, 2.75) is 4.90 Å². The van der Waals surface area contributed by atoms with Crippen LogP contribution in [0.4, 0.5) is 11.4 Å². The van der Waals surface area contributed by atoms with Gasteiger partial charge in [-0.1, -0.05) is 0 Å². The first-order valence-corrected chi connectivity index (χ1v) is 7.75. The summed E-state index contributed by atoms with van der Waals surface area (Å²) in [7, 11) is -2.92. The number of ether oxygens (including phenoxy) is 1. The Morgan fingerprint density at radius 3 is 2.33 bits per heavy atom. The number of nitrogens with zero attached hydrogens (tertiary/aromatic N) is 3. The third-order valence-corrected chi connectivity index (χ3v) is 3.98. The molecule has 2 rings (SSSR count). The quantitative estimate of drug-likeness (QED) is 0.462. The van der Waals surface area contributed by atoms with Gasteiger partial charge in [0, 0.05) is 18.2 Å². The molecule has 1 heterocycles. The number of primary sulfonamides is 1. The van der Waals surface area contributed by atoms with Gasteiger partial charge in [-0.2, -0.15) is 4.57 Å². The molecular formula is C12H11N4O7S+. The minimum absolute atomic E-state index is 0.0432. The fourth-order valence-corrected chi connectivity index (χ4v) is 2.68. The number of methoxy groups -OCH3 is 1. The van der Waals surface area contributed by atoms with Crippen molar-refractivity contribution < 1.29 is 27.6 Å². The molecule has 0 aliphatic heterocycles. The van der Waals surface area contributed by atoms with Gasteiger partial charge >= 0.3 is 5.69 Å². The molecule has 11 nitrogen and oxygen atoms in total. The van der Waals surface area contributed by atoms with Crippen LogP contribution in [0.25, 0.3) is 5.69 Å². The van der Waals surface area contributed by atoms with E-state index in [1.807, 2.05) is 0 Å². The highest BCUT2D eigenvalue weighted by molar-refractivity contribution is 7.89. The number of benzene rings is 1. The molecule has 2 N–H and O–H groups in total. The van der Waals surface area contributed by atoms with E-state index in [0.29, 0.717) is 0 Å². The predicted octanol–water partition coefficient (Wildman–Crippen LogP) is 0.436. The Bertz CT molecular complexity index is 942. The van der Waals surface area contributed by atoms with Crippen molar-refractivity contribution in [1.29, 1.82) is 0 Å². The largest absolute Gasteiger partial charge is 0.495 e. The summed E-state index contributed by atoms with van der Waals surface area (Å²) < 4.78 is 29.2. The second-order valence-corrected chi connectivity index (χ2v) is 6.05. The van der Waals surface area contributed by atoms with Crippen molar-refractivity contribution in [1.82, 2.24) is 0 Å². The third kappa shape index (κ3) is 3.28. The SMILES string of the molecule is COc1cc[n+](-c2ccc([N+](=O)[O-])cc2[N+](=O)[O-])cc1S(N)(=O)=O. The summed E-state index contributed by atoms with van der Waals surface area (Å²) in [5, 5.41) is 27.0. The monoisotopic (exact) mass is 355 g/mol. The zero-order valence-corrected chi connectivity index (χ0v) is 13.0. The number of hydrogen-bond acceptors (Lipinski definition) is 7. The number of non-ortho nitro benzene ring substituents is 1. The average Bonchev–Trinajstić information content (AvgIpc) is 2.52. The molecule has 0 aliphatic carbocycles. The lowest BCUT2D eigenvalue weighted by molar-refractivity contribution is -0.603. The molecule has 0 atom stereocenters. The summed E-state index contributed by atoms with van der Waals surface area (Å²) in [6.45, 7) is 0. The topological polar surface area (TPSA) is 160 Å². The maximum absolute atomic E-state index is 11.6. The van der Waals surface area contributed by atoms with Gasteiger partial charge in [0.2, 0.25) is 10.0 Å². The van der Waals surface area contributed by atoms with Crippen LogP contribution in [0.3, 0.4) is 0 Å². The molecule has 0 aliphatic rings. The first kappa shape index (κ1) is 17.2. The first-order chi connectivity index (χ1) is 11.1. The highest BCUT2D eigenvalue weighted by Crippen LogP contribution is 2.26. The van der Waals surface area contributed by atoms with Crippen LogP contribution in [0.15, 0.2) is 41.6 Å². The van der Waals surface area contributed by atoms with Gasteiger partial charge in [0.25, 0.3) is 11.4 Å². The number of nitrogens with two attached hydrogens (primary N) is 1. The maximum Gasteiger partial charge on any atom is 0.347 e. The Hall–Kier alpha value is -3.12. The lowest BCUT2D eigenvalue weighted by Crippen LogP contribution is -2.32. The molecule has 2 aromatic rings. The van der Waals surface area contributed by atoms with Crippen LogP contribution in [0.1, 0.15) is 0 Å². The number of nitro groups is 2. The number of hydrogen-bond donors (Lipinski definition) is 1. The van der Waals surface area contributed by atoms with Crippen molar-refractivity contribution >= 4 is 21.4 Å². The fourth-order valence-electron chi connectivity index (χ4n) is 1.99. The van der Waals surface area contributed by atoms with Gasteiger partial charge in [0.15, 0.2) is 23.0 Å². The molecule has 0 bridgehead atoms. The Morgan fingerprint density at radius 2 is 1.83 bits per heavy atom. The Labute approximate surface area is 135 Å². The summed E-state index contributed by atoms with van der Waals surface area (Å²) in [5.74, 6) is -0.0432. The van der Waals surface area contributed by atoms with Gasteiger partial charge in [-0.25, -0.2) is 13.6 Å². The number of pyridine rings is 1. The minimum Gasteiger partial charge on any atom is -0.495 e. The summed E-state index contributed by atoms with van der Waals surface area (Å²) in [6, 6.07) is 4.24. The van der Waals surface area contributed by atoms with E-state index in [1.54, 1.807) is 0 Å². The van der Waals surface area contributed by atoms with Crippen LogP contribution in [0, 0.1) is 20.2 Å². The summed E-state index contributed by atoms with van der Waals surface area (Å²) in [5.41, 5.74) is -1.11. The minimum atomic E-state index is -4.15. The second-order valence-electron chi connectivity index (χ2n) is 4.52. The van der Waals surface area contributed by atoms with Crippen molar-refractivity contribution in [2.75, 3.05) is 7.11 Å². The molecule has 0 saturated heterocycles. The maximum atomic E-state index is 11.6. The number of sulfonamides is 1. The molecule has 0 amide bonds. The van der Waals surface area contributed by atoms with Crippen molar-refractivity contribution in [3.8, 4) is 11.4 Å². The summed E-state index contributed by atoms with van der Waals surface area (Å²) in [4.78, 5) is 20.0. The third-order valence-electron chi connectivity index (χ3n) is 3.06. The molecule has 0 unspecified atom stereocenters. The van der Waals surface area contributed by atoms with Crippen LogP contribution < -0.4 is 14.4 Å². The first-order valence-electron chi connectivity index (χ1n) is 6.20. The normalized spacial score (nSPS) is 11.1. The zero-order valence-electron chi connectivity index (χ0n) is 12.1. The van der Waals surface area contributed by atoms with Gasteiger partial charge in [-0.05, 0) is 0 Å². The average molecular weight is 355 g/mol. The van der Waals surface area contributed by atoms with Crippen molar-refractivity contribution in [3.05, 3.63) is 56.9 Å². The molecule has 1 aromatic heterocycles. The molecule has 12 heteroatoms. The van der Waals surface area contributed by atoms with Crippen molar-refractivity contribution in [2.24, 2.45) is 5.14 Å². The van der Waals surface area contributed by atoms with Gasteiger partial charge in [0.1, 0.15) is 6.07 Å². The fraction of sp³-hybridized carbons (Fsp3) is 0.0833. The Morgan fingerprint density at radius 1 is 1.17 bits per heavy atom.